The molecule has 0 saturated carbocycles. The Balaban J connectivity index is 1.95. The van der Waals surface area contributed by atoms with Crippen molar-refractivity contribution in [3.05, 3.63) is 33.0 Å². The number of nitrogens with zero attached hydrogens (tertiary/aromatic N) is 4. The minimum atomic E-state index is -0.636. The second-order valence-electron chi connectivity index (χ2n) is 5.70. The van der Waals surface area contributed by atoms with Gasteiger partial charge in [-0.05, 0) is 37.5 Å². The number of aromatic nitrogens is 3. The summed E-state index contributed by atoms with van der Waals surface area (Å²) in [7, 11) is 1.92. The molecule has 10 heteroatoms. The van der Waals surface area contributed by atoms with Crippen molar-refractivity contribution in [3.8, 4) is 0 Å². The normalized spacial score (nSPS) is 13.0. The standard InChI is InChI=1S/C16H25ClN6OS2/c1-11-21-22-15(23(11)2)10-20-16(18-7-4-8-25-3)19-9-12(24)13-5-6-14(17)26-13/h5-6,12,24H,4,7-10H2,1-3H3,(H2,18,19,20). The maximum atomic E-state index is 10.3. The van der Waals surface area contributed by atoms with E-state index in [1.54, 1.807) is 6.07 Å². The van der Waals surface area contributed by atoms with E-state index in [-0.39, 0.29) is 0 Å². The van der Waals surface area contributed by atoms with Crippen molar-refractivity contribution in [2.45, 2.75) is 26.0 Å². The molecule has 0 spiro atoms. The average molecular weight is 417 g/mol. The molecule has 0 aliphatic carbocycles. The van der Waals surface area contributed by atoms with Crippen LogP contribution in [0.3, 0.4) is 0 Å². The van der Waals surface area contributed by atoms with Crippen LogP contribution in [0.4, 0.5) is 0 Å². The second-order valence-corrected chi connectivity index (χ2v) is 8.43. The molecule has 7 nitrogen and oxygen atoms in total. The van der Waals surface area contributed by atoms with Gasteiger partial charge in [0.1, 0.15) is 18.5 Å². The van der Waals surface area contributed by atoms with Gasteiger partial charge in [0.25, 0.3) is 0 Å². The van der Waals surface area contributed by atoms with Gasteiger partial charge in [-0.3, -0.25) is 0 Å². The maximum Gasteiger partial charge on any atom is 0.191 e. The summed E-state index contributed by atoms with van der Waals surface area (Å²) in [5.41, 5.74) is 0. The molecule has 0 aromatic carbocycles. The fourth-order valence-corrected chi connectivity index (χ4v) is 3.62. The van der Waals surface area contributed by atoms with Crippen LogP contribution in [-0.4, -0.2) is 50.9 Å². The molecule has 3 N–H and O–H groups in total. The predicted octanol–water partition coefficient (Wildman–Crippen LogP) is 2.36. The van der Waals surface area contributed by atoms with Crippen molar-refractivity contribution in [3.63, 3.8) is 0 Å². The smallest absolute Gasteiger partial charge is 0.191 e. The van der Waals surface area contributed by atoms with Crippen molar-refractivity contribution in [2.75, 3.05) is 25.1 Å². The van der Waals surface area contributed by atoms with Crippen LogP contribution in [-0.2, 0) is 13.6 Å². The van der Waals surface area contributed by atoms with E-state index in [1.807, 2.05) is 36.4 Å². The molecule has 1 atom stereocenters. The topological polar surface area (TPSA) is 87.4 Å². The summed E-state index contributed by atoms with van der Waals surface area (Å²) < 4.78 is 2.58. The van der Waals surface area contributed by atoms with Crippen LogP contribution in [0.2, 0.25) is 4.34 Å². The Morgan fingerprint density at radius 1 is 1.42 bits per heavy atom. The number of aliphatic hydroxyl groups excluding tert-OH is 1. The Labute approximate surface area is 167 Å². The van der Waals surface area contributed by atoms with Gasteiger partial charge in [-0.25, -0.2) is 4.99 Å². The summed E-state index contributed by atoms with van der Waals surface area (Å²) in [5.74, 6) is 3.37. The highest BCUT2D eigenvalue weighted by molar-refractivity contribution is 7.98. The van der Waals surface area contributed by atoms with Crippen molar-refractivity contribution < 1.29 is 5.11 Å². The van der Waals surface area contributed by atoms with Crippen LogP contribution in [0.5, 0.6) is 0 Å². The van der Waals surface area contributed by atoms with Gasteiger partial charge in [-0.2, -0.15) is 11.8 Å². The van der Waals surface area contributed by atoms with Gasteiger partial charge in [0, 0.05) is 25.0 Å². The molecule has 0 aliphatic heterocycles. The fraction of sp³-hybridized carbons (Fsp3) is 0.562. The molecule has 0 amide bonds. The van der Waals surface area contributed by atoms with Crippen molar-refractivity contribution in [1.82, 2.24) is 25.4 Å². The summed E-state index contributed by atoms with van der Waals surface area (Å²) in [6.07, 6.45) is 2.49. The fourth-order valence-electron chi connectivity index (χ4n) is 2.14. The molecule has 1 unspecified atom stereocenters. The van der Waals surface area contributed by atoms with E-state index in [0.717, 1.165) is 35.2 Å². The first-order chi connectivity index (χ1) is 12.5. The predicted molar refractivity (Wildman–Crippen MR) is 110 cm³/mol. The number of thiophene rings is 1. The Morgan fingerprint density at radius 2 is 2.23 bits per heavy atom. The monoisotopic (exact) mass is 416 g/mol. The molecule has 2 aromatic rings. The maximum absolute atomic E-state index is 10.3. The molecule has 2 aromatic heterocycles. The molecule has 0 bridgehead atoms. The molecule has 144 valence electrons. The third kappa shape index (κ3) is 6.46. The molecule has 0 saturated heterocycles. The summed E-state index contributed by atoms with van der Waals surface area (Å²) >= 11 is 9.12. The zero-order chi connectivity index (χ0) is 18.9. The number of aliphatic hydroxyl groups is 1. The van der Waals surface area contributed by atoms with Gasteiger partial charge >= 0.3 is 0 Å². The van der Waals surface area contributed by atoms with Crippen LogP contribution in [0.1, 0.15) is 29.1 Å². The highest BCUT2D eigenvalue weighted by atomic mass is 35.5. The number of thioether (sulfide) groups is 1. The van der Waals surface area contributed by atoms with E-state index in [1.165, 1.54) is 11.3 Å². The Morgan fingerprint density at radius 3 is 2.85 bits per heavy atom. The number of nitrogens with one attached hydrogen (secondary N) is 2. The Hall–Kier alpha value is -1.29. The third-order valence-electron chi connectivity index (χ3n) is 3.76. The second kappa shape index (κ2) is 10.8. The molecule has 2 rings (SSSR count). The van der Waals surface area contributed by atoms with Crippen LogP contribution >= 0.6 is 34.7 Å². The number of aliphatic imine (C=N–C) groups is 1. The zero-order valence-electron chi connectivity index (χ0n) is 15.2. The van der Waals surface area contributed by atoms with Crippen LogP contribution in [0, 0.1) is 6.92 Å². The van der Waals surface area contributed by atoms with Crippen molar-refractivity contribution >= 4 is 40.7 Å². The van der Waals surface area contributed by atoms with Crippen LogP contribution in [0.25, 0.3) is 0 Å². The highest BCUT2D eigenvalue weighted by Gasteiger charge is 2.11. The number of rotatable bonds is 9. The van der Waals surface area contributed by atoms with Gasteiger partial charge in [-0.1, -0.05) is 11.6 Å². The summed E-state index contributed by atoms with van der Waals surface area (Å²) in [6.45, 7) is 3.48. The van der Waals surface area contributed by atoms with E-state index >= 15 is 0 Å². The first-order valence-corrected chi connectivity index (χ1v) is 10.9. The van der Waals surface area contributed by atoms with Crippen LogP contribution < -0.4 is 10.6 Å². The lowest BCUT2D eigenvalue weighted by molar-refractivity contribution is 0.184. The third-order valence-corrected chi connectivity index (χ3v) is 5.79. The number of guanidine groups is 1. The van der Waals surface area contributed by atoms with E-state index in [9.17, 15) is 5.11 Å². The number of aryl methyl sites for hydroxylation is 1. The van der Waals surface area contributed by atoms with E-state index < -0.39 is 6.10 Å². The van der Waals surface area contributed by atoms with Gasteiger partial charge in [-0.15, -0.1) is 21.5 Å². The lowest BCUT2D eigenvalue weighted by atomic mass is 10.3. The minimum Gasteiger partial charge on any atom is -0.386 e. The average Bonchev–Trinajstić information content (AvgIpc) is 3.20. The van der Waals surface area contributed by atoms with E-state index in [4.69, 9.17) is 11.6 Å². The first-order valence-electron chi connectivity index (χ1n) is 8.30. The van der Waals surface area contributed by atoms with Crippen LogP contribution in [0.15, 0.2) is 17.1 Å². The zero-order valence-corrected chi connectivity index (χ0v) is 17.6. The Bertz CT molecular complexity index is 717. The quantitative estimate of drug-likeness (QED) is 0.330. The molecular formula is C16H25ClN6OS2. The van der Waals surface area contributed by atoms with E-state index in [2.05, 4.69) is 32.1 Å². The minimum absolute atomic E-state index is 0.350. The number of hydrogen-bond donors (Lipinski definition) is 3. The summed E-state index contributed by atoms with van der Waals surface area (Å²) in [6, 6.07) is 3.63. The van der Waals surface area contributed by atoms with Gasteiger partial charge < -0.3 is 20.3 Å². The number of halogens is 1. The summed E-state index contributed by atoms with van der Waals surface area (Å²) in [5, 5.41) is 25.0. The summed E-state index contributed by atoms with van der Waals surface area (Å²) in [4.78, 5) is 5.39. The molecule has 26 heavy (non-hydrogen) atoms. The van der Waals surface area contributed by atoms with Gasteiger partial charge in [0.2, 0.25) is 0 Å². The van der Waals surface area contributed by atoms with Gasteiger partial charge in [0.15, 0.2) is 11.8 Å². The largest absolute Gasteiger partial charge is 0.386 e. The highest BCUT2D eigenvalue weighted by Crippen LogP contribution is 2.26. The molecular weight excluding hydrogens is 392 g/mol. The number of hydrogen-bond acceptors (Lipinski definition) is 6. The van der Waals surface area contributed by atoms with Gasteiger partial charge in [0.05, 0.1) is 4.34 Å². The molecule has 2 heterocycles. The van der Waals surface area contributed by atoms with E-state index in [0.29, 0.717) is 23.4 Å². The SMILES string of the molecule is CSCCCNC(=NCc1nnc(C)n1C)NCC(O)c1ccc(Cl)s1. The molecule has 0 aliphatic rings. The van der Waals surface area contributed by atoms with Crippen molar-refractivity contribution in [1.29, 1.82) is 0 Å². The first kappa shape index (κ1) is 21.0. The molecule has 0 fully saturated rings. The Kier molecular flexibility index (Phi) is 8.70. The lowest BCUT2D eigenvalue weighted by Crippen LogP contribution is -2.40. The molecule has 0 radical (unpaired) electrons. The van der Waals surface area contributed by atoms with Crippen molar-refractivity contribution in [2.24, 2.45) is 12.0 Å². The lowest BCUT2D eigenvalue weighted by Gasteiger charge is -2.15.